The Bertz CT molecular complexity index is 1440. The summed E-state index contributed by atoms with van der Waals surface area (Å²) in [5.41, 5.74) is 2.73. The number of benzene rings is 2. The van der Waals surface area contributed by atoms with E-state index in [1.165, 1.54) is 16.8 Å². The Kier molecular flexibility index (Phi) is 6.22. The van der Waals surface area contributed by atoms with Gasteiger partial charge in [0.25, 0.3) is 10.9 Å². The van der Waals surface area contributed by atoms with Crippen molar-refractivity contribution in [3.05, 3.63) is 87.3 Å². The maximum Gasteiger partial charge on any atom is 0.326 e. The van der Waals surface area contributed by atoms with Gasteiger partial charge in [0.1, 0.15) is 17.3 Å². The number of halogens is 1. The van der Waals surface area contributed by atoms with Gasteiger partial charge in [-0.2, -0.15) is 9.61 Å². The molecule has 5 rings (SSSR count). The van der Waals surface area contributed by atoms with Crippen molar-refractivity contribution in [1.29, 1.82) is 0 Å². The van der Waals surface area contributed by atoms with E-state index in [4.69, 9.17) is 0 Å². The zero-order valence-electron chi connectivity index (χ0n) is 17.5. The summed E-state index contributed by atoms with van der Waals surface area (Å²) in [6, 6.07) is 18.4. The molecule has 1 saturated heterocycles. The standard InChI is InChI=1S/C23H17IN6O3S/c24-16-7-4-8-17(10-16)26-19-11-20(34(33)13-14-5-2-1-3-6-14)30-21(28-19)15(12-25-30)9-18-22(31)29-23(32)27-18/h1-12H,13H2,(H,26,28)(H2,27,29,31,32)/b18-9-. The van der Waals surface area contributed by atoms with E-state index in [1.54, 1.807) is 6.07 Å². The average molecular weight is 584 g/mol. The predicted molar refractivity (Wildman–Crippen MR) is 137 cm³/mol. The molecule has 2 aromatic carbocycles. The smallest absolute Gasteiger partial charge is 0.326 e. The SMILES string of the molecule is O=C1NC(=O)/C(=C/c2cnn3c([S+]([O-])Cc4ccccc4)cc(Nc4cccc(I)c4)nc23)N1. The molecule has 1 atom stereocenters. The fourth-order valence-electron chi connectivity index (χ4n) is 3.43. The Morgan fingerprint density at radius 3 is 2.65 bits per heavy atom. The van der Waals surface area contributed by atoms with Gasteiger partial charge in [-0.3, -0.25) is 10.1 Å². The van der Waals surface area contributed by atoms with Crippen LogP contribution in [0.15, 0.2) is 77.6 Å². The van der Waals surface area contributed by atoms with Crippen LogP contribution in [0.3, 0.4) is 0 Å². The number of anilines is 2. The van der Waals surface area contributed by atoms with Gasteiger partial charge in [0.15, 0.2) is 5.65 Å². The molecule has 1 unspecified atom stereocenters. The molecule has 34 heavy (non-hydrogen) atoms. The van der Waals surface area contributed by atoms with Crippen molar-refractivity contribution in [2.24, 2.45) is 0 Å². The highest BCUT2D eigenvalue weighted by molar-refractivity contribution is 14.1. The quantitative estimate of drug-likeness (QED) is 0.105. The molecule has 2 aromatic heterocycles. The number of nitrogens with one attached hydrogen (secondary N) is 3. The van der Waals surface area contributed by atoms with Crippen LogP contribution >= 0.6 is 22.6 Å². The Morgan fingerprint density at radius 1 is 1.09 bits per heavy atom. The lowest BCUT2D eigenvalue weighted by molar-refractivity contribution is -0.115. The van der Waals surface area contributed by atoms with Crippen LogP contribution in [0.25, 0.3) is 11.7 Å². The van der Waals surface area contributed by atoms with Crippen molar-refractivity contribution in [1.82, 2.24) is 25.2 Å². The number of imide groups is 1. The average Bonchev–Trinajstić information content (AvgIpc) is 3.36. The first-order chi connectivity index (χ1) is 16.5. The van der Waals surface area contributed by atoms with Gasteiger partial charge in [0.05, 0.1) is 12.3 Å². The molecule has 1 aliphatic heterocycles. The molecule has 4 aromatic rings. The summed E-state index contributed by atoms with van der Waals surface area (Å²) in [6.07, 6.45) is 3.01. The van der Waals surface area contributed by atoms with Crippen LogP contribution in [-0.4, -0.2) is 31.1 Å². The van der Waals surface area contributed by atoms with E-state index in [9.17, 15) is 14.1 Å². The van der Waals surface area contributed by atoms with Gasteiger partial charge in [-0.25, -0.2) is 9.78 Å². The Labute approximate surface area is 211 Å². The molecule has 0 radical (unpaired) electrons. The topological polar surface area (TPSA) is 123 Å². The third-order valence-electron chi connectivity index (χ3n) is 4.96. The molecule has 0 bridgehead atoms. The molecule has 0 saturated carbocycles. The minimum absolute atomic E-state index is 0.0876. The number of nitrogens with zero attached hydrogens (tertiary/aromatic N) is 3. The molecule has 9 nitrogen and oxygen atoms in total. The lowest BCUT2D eigenvalue weighted by Gasteiger charge is -2.14. The predicted octanol–water partition coefficient (Wildman–Crippen LogP) is 3.57. The normalized spacial score (nSPS) is 15.4. The molecular weight excluding hydrogens is 567 g/mol. The van der Waals surface area contributed by atoms with E-state index < -0.39 is 23.1 Å². The first-order valence-corrected chi connectivity index (χ1v) is 12.5. The Hall–Kier alpha value is -3.42. The van der Waals surface area contributed by atoms with Gasteiger partial charge in [-0.15, -0.1) is 0 Å². The third kappa shape index (κ3) is 4.76. The Morgan fingerprint density at radius 2 is 1.91 bits per heavy atom. The monoisotopic (exact) mass is 584 g/mol. The van der Waals surface area contributed by atoms with Gasteiger partial charge >= 0.3 is 6.03 Å². The molecular formula is C23H17IN6O3S. The fourth-order valence-corrected chi connectivity index (χ4v) is 5.19. The number of rotatable bonds is 6. The maximum atomic E-state index is 13.4. The van der Waals surface area contributed by atoms with Crippen molar-refractivity contribution in [2.45, 2.75) is 10.8 Å². The summed E-state index contributed by atoms with van der Waals surface area (Å²) in [4.78, 5) is 28.1. The molecule has 1 fully saturated rings. The van der Waals surface area contributed by atoms with Crippen molar-refractivity contribution in [3.63, 3.8) is 0 Å². The second-order valence-corrected chi connectivity index (χ2v) is 10.0. The van der Waals surface area contributed by atoms with Crippen molar-refractivity contribution < 1.29 is 14.1 Å². The molecule has 11 heteroatoms. The number of carbonyl (C=O) groups excluding carboxylic acids is 2. The second-order valence-electron chi connectivity index (χ2n) is 7.39. The molecule has 170 valence electrons. The second kappa shape index (κ2) is 9.44. The number of aromatic nitrogens is 3. The maximum absolute atomic E-state index is 13.4. The largest absolute Gasteiger partial charge is 0.610 e. The number of urea groups is 1. The van der Waals surface area contributed by atoms with Gasteiger partial charge in [-0.1, -0.05) is 36.4 Å². The van der Waals surface area contributed by atoms with Gasteiger partial charge in [0.2, 0.25) is 0 Å². The zero-order chi connectivity index (χ0) is 23.7. The summed E-state index contributed by atoms with van der Waals surface area (Å²) < 4.78 is 15.9. The number of hydrogen-bond donors (Lipinski definition) is 3. The van der Waals surface area contributed by atoms with Gasteiger partial charge in [-0.05, 0) is 46.9 Å². The van der Waals surface area contributed by atoms with E-state index in [0.29, 0.717) is 27.8 Å². The number of carbonyl (C=O) groups is 2. The van der Waals surface area contributed by atoms with Crippen LogP contribution in [0, 0.1) is 3.57 Å². The van der Waals surface area contributed by atoms with Crippen LogP contribution in [0.1, 0.15) is 11.1 Å². The third-order valence-corrected chi connectivity index (χ3v) is 6.98. The van der Waals surface area contributed by atoms with Crippen molar-refractivity contribution in [3.8, 4) is 0 Å². The van der Waals surface area contributed by atoms with Gasteiger partial charge in [0, 0.05) is 31.6 Å². The van der Waals surface area contributed by atoms with Crippen LogP contribution in [-0.2, 0) is 21.7 Å². The molecule has 3 N–H and O–H groups in total. The van der Waals surface area contributed by atoms with Gasteiger partial charge < -0.3 is 15.2 Å². The van der Waals surface area contributed by atoms with E-state index in [0.717, 1.165) is 14.8 Å². The highest BCUT2D eigenvalue weighted by Crippen LogP contribution is 2.26. The number of hydrogen-bond acceptors (Lipinski definition) is 6. The summed E-state index contributed by atoms with van der Waals surface area (Å²) >= 11 is 0.789. The van der Waals surface area contributed by atoms with Crippen LogP contribution < -0.4 is 16.0 Å². The first kappa shape index (κ1) is 22.4. The zero-order valence-corrected chi connectivity index (χ0v) is 20.5. The van der Waals surface area contributed by atoms with E-state index in [-0.39, 0.29) is 5.70 Å². The van der Waals surface area contributed by atoms with Crippen LogP contribution in [0.4, 0.5) is 16.3 Å². The summed E-state index contributed by atoms with van der Waals surface area (Å²) in [5, 5.41) is 12.7. The lowest BCUT2D eigenvalue weighted by atomic mass is 10.2. The summed E-state index contributed by atoms with van der Waals surface area (Å²) in [5.74, 6) is 0.244. The van der Waals surface area contributed by atoms with Crippen LogP contribution in [0.2, 0.25) is 0 Å². The lowest BCUT2D eigenvalue weighted by Crippen LogP contribution is -2.22. The highest BCUT2D eigenvalue weighted by Gasteiger charge is 2.25. The highest BCUT2D eigenvalue weighted by atomic mass is 127. The molecule has 0 aliphatic carbocycles. The summed E-state index contributed by atoms with van der Waals surface area (Å²) in [6.45, 7) is 0. The summed E-state index contributed by atoms with van der Waals surface area (Å²) in [7, 11) is 0. The minimum atomic E-state index is -1.44. The molecule has 3 amide bonds. The molecule has 0 spiro atoms. The van der Waals surface area contributed by atoms with Crippen LogP contribution in [0.5, 0.6) is 0 Å². The fraction of sp³-hybridized carbons (Fsp3) is 0.0435. The molecule has 1 aliphatic rings. The van der Waals surface area contributed by atoms with E-state index in [1.807, 2.05) is 54.6 Å². The number of fused-ring (bicyclic) bond motifs is 1. The molecule has 3 heterocycles. The van der Waals surface area contributed by atoms with E-state index in [2.05, 4.69) is 48.6 Å². The number of amides is 3. The van der Waals surface area contributed by atoms with Crippen molar-refractivity contribution >= 4 is 68.9 Å². The Balaban J connectivity index is 1.59. The first-order valence-electron chi connectivity index (χ1n) is 10.1. The van der Waals surface area contributed by atoms with Crippen molar-refractivity contribution in [2.75, 3.05) is 5.32 Å². The van der Waals surface area contributed by atoms with E-state index >= 15 is 0 Å². The minimum Gasteiger partial charge on any atom is -0.610 e.